The molecule has 0 saturated carbocycles. The first kappa shape index (κ1) is 11.9. The summed E-state index contributed by atoms with van der Waals surface area (Å²) in [4.78, 5) is 14.2. The number of anilines is 1. The van der Waals surface area contributed by atoms with Gasteiger partial charge in [0.1, 0.15) is 0 Å². The number of carbonyl (C=O) groups is 1. The predicted octanol–water partition coefficient (Wildman–Crippen LogP) is 3.44. The summed E-state index contributed by atoms with van der Waals surface area (Å²) >= 11 is 0. The molecule has 2 nitrogen and oxygen atoms in total. The highest BCUT2D eigenvalue weighted by molar-refractivity contribution is 6.08. The quantitative estimate of drug-likeness (QED) is 0.740. The first-order valence-electron chi connectivity index (χ1n) is 6.19. The maximum Gasteiger partial charge on any atom is 0.188 e. The van der Waals surface area contributed by atoms with Gasteiger partial charge in [0.15, 0.2) is 5.78 Å². The van der Waals surface area contributed by atoms with Gasteiger partial charge in [-0.2, -0.15) is 0 Å². The fourth-order valence-electron chi connectivity index (χ4n) is 2.14. The van der Waals surface area contributed by atoms with Gasteiger partial charge in [0.2, 0.25) is 0 Å². The molecule has 0 saturated heterocycles. The van der Waals surface area contributed by atoms with E-state index in [1.165, 1.54) is 6.42 Å². The minimum absolute atomic E-state index is 0.204. The fourth-order valence-corrected chi connectivity index (χ4v) is 2.14. The summed E-state index contributed by atoms with van der Waals surface area (Å²) in [7, 11) is 4.00. The van der Waals surface area contributed by atoms with Crippen LogP contribution in [0.2, 0.25) is 0 Å². The molecular formula is C15H19NO. The van der Waals surface area contributed by atoms with E-state index in [1.807, 2.05) is 43.3 Å². The normalized spacial score (nSPS) is 15.3. The molecule has 0 spiro atoms. The zero-order valence-electron chi connectivity index (χ0n) is 10.6. The lowest BCUT2D eigenvalue weighted by Crippen LogP contribution is -2.10. The zero-order valence-corrected chi connectivity index (χ0v) is 10.6. The van der Waals surface area contributed by atoms with Gasteiger partial charge in [-0.1, -0.05) is 6.08 Å². The Morgan fingerprint density at radius 2 is 1.82 bits per heavy atom. The van der Waals surface area contributed by atoms with E-state index >= 15 is 0 Å². The lowest BCUT2D eigenvalue weighted by atomic mass is 9.93. The molecule has 1 aliphatic rings. The number of benzene rings is 1. The molecule has 0 fully saturated rings. The molecule has 1 aromatic rings. The van der Waals surface area contributed by atoms with Crippen LogP contribution in [-0.2, 0) is 0 Å². The minimum Gasteiger partial charge on any atom is -0.378 e. The van der Waals surface area contributed by atoms with Crippen molar-refractivity contribution in [3.05, 3.63) is 41.5 Å². The summed E-state index contributed by atoms with van der Waals surface area (Å²) in [5.74, 6) is 0.204. The fraction of sp³-hybridized carbons (Fsp3) is 0.400. The molecule has 0 amide bonds. The smallest absolute Gasteiger partial charge is 0.188 e. The van der Waals surface area contributed by atoms with Gasteiger partial charge in [-0.3, -0.25) is 4.79 Å². The number of ketones is 1. The maximum absolute atomic E-state index is 12.2. The monoisotopic (exact) mass is 229 g/mol. The van der Waals surface area contributed by atoms with Gasteiger partial charge in [-0.25, -0.2) is 0 Å². The highest BCUT2D eigenvalue weighted by Gasteiger charge is 2.14. The third kappa shape index (κ3) is 2.76. The van der Waals surface area contributed by atoms with Crippen molar-refractivity contribution in [1.29, 1.82) is 0 Å². The lowest BCUT2D eigenvalue weighted by molar-refractivity contribution is 0.102. The molecule has 0 aliphatic heterocycles. The molecule has 0 atom stereocenters. The van der Waals surface area contributed by atoms with Gasteiger partial charge in [-0.05, 0) is 55.5 Å². The van der Waals surface area contributed by atoms with Crippen LogP contribution in [0.1, 0.15) is 36.0 Å². The summed E-state index contributed by atoms with van der Waals surface area (Å²) < 4.78 is 0. The molecule has 0 heterocycles. The number of hydrogen-bond donors (Lipinski definition) is 0. The Kier molecular flexibility index (Phi) is 3.62. The van der Waals surface area contributed by atoms with Crippen molar-refractivity contribution >= 4 is 11.5 Å². The highest BCUT2D eigenvalue weighted by atomic mass is 16.1. The van der Waals surface area contributed by atoms with Gasteiger partial charge < -0.3 is 4.90 Å². The van der Waals surface area contributed by atoms with Crippen LogP contribution in [0.5, 0.6) is 0 Å². The Morgan fingerprint density at radius 3 is 2.35 bits per heavy atom. The van der Waals surface area contributed by atoms with Gasteiger partial charge in [0.25, 0.3) is 0 Å². The molecule has 0 bridgehead atoms. The van der Waals surface area contributed by atoms with E-state index in [0.29, 0.717) is 0 Å². The summed E-state index contributed by atoms with van der Waals surface area (Å²) in [5, 5.41) is 0. The van der Waals surface area contributed by atoms with Gasteiger partial charge >= 0.3 is 0 Å². The van der Waals surface area contributed by atoms with Crippen LogP contribution in [0.4, 0.5) is 5.69 Å². The Hall–Kier alpha value is -1.57. The second-order valence-corrected chi connectivity index (χ2v) is 4.75. The lowest BCUT2D eigenvalue weighted by Gasteiger charge is -2.14. The van der Waals surface area contributed by atoms with Crippen molar-refractivity contribution in [2.45, 2.75) is 25.7 Å². The Bertz CT molecular complexity index is 429. The van der Waals surface area contributed by atoms with Crippen LogP contribution in [0.25, 0.3) is 0 Å². The van der Waals surface area contributed by atoms with E-state index in [2.05, 4.69) is 6.08 Å². The molecule has 0 radical (unpaired) electrons. The second-order valence-electron chi connectivity index (χ2n) is 4.75. The summed E-state index contributed by atoms with van der Waals surface area (Å²) in [6.07, 6.45) is 6.46. The first-order chi connectivity index (χ1) is 8.18. The van der Waals surface area contributed by atoms with Crippen molar-refractivity contribution in [2.75, 3.05) is 19.0 Å². The maximum atomic E-state index is 12.2. The summed E-state index contributed by atoms with van der Waals surface area (Å²) in [6.45, 7) is 0. The number of allylic oxidation sites excluding steroid dienone is 2. The molecule has 1 aromatic carbocycles. The summed E-state index contributed by atoms with van der Waals surface area (Å²) in [6, 6.07) is 7.84. The van der Waals surface area contributed by atoms with Crippen LogP contribution < -0.4 is 4.90 Å². The molecule has 90 valence electrons. The van der Waals surface area contributed by atoms with E-state index in [9.17, 15) is 4.79 Å². The van der Waals surface area contributed by atoms with Crippen LogP contribution >= 0.6 is 0 Å². The molecule has 0 unspecified atom stereocenters. The van der Waals surface area contributed by atoms with Crippen molar-refractivity contribution < 1.29 is 4.79 Å². The third-order valence-corrected chi connectivity index (χ3v) is 3.23. The second kappa shape index (κ2) is 5.17. The third-order valence-electron chi connectivity index (χ3n) is 3.23. The van der Waals surface area contributed by atoms with Crippen LogP contribution in [-0.4, -0.2) is 19.9 Å². The Balaban J connectivity index is 2.17. The Morgan fingerprint density at radius 1 is 1.12 bits per heavy atom. The van der Waals surface area contributed by atoms with Crippen molar-refractivity contribution in [2.24, 2.45) is 0 Å². The molecular weight excluding hydrogens is 210 g/mol. The average Bonchev–Trinajstić information content (AvgIpc) is 2.39. The van der Waals surface area contributed by atoms with Crippen molar-refractivity contribution in [3.63, 3.8) is 0 Å². The van der Waals surface area contributed by atoms with Crippen molar-refractivity contribution in [3.8, 4) is 0 Å². The molecule has 1 aliphatic carbocycles. The average molecular weight is 229 g/mol. The van der Waals surface area contributed by atoms with E-state index in [1.54, 1.807) is 0 Å². The van der Waals surface area contributed by atoms with E-state index < -0.39 is 0 Å². The standard InChI is InChI=1S/C15H19NO/c1-16(2)14-10-8-13(9-11-14)15(17)12-6-4-3-5-7-12/h6,8-11H,3-5,7H2,1-2H3. The topological polar surface area (TPSA) is 20.3 Å². The van der Waals surface area contributed by atoms with Gasteiger partial charge in [0, 0.05) is 25.3 Å². The highest BCUT2D eigenvalue weighted by Crippen LogP contribution is 2.22. The van der Waals surface area contributed by atoms with Crippen LogP contribution in [0, 0.1) is 0 Å². The van der Waals surface area contributed by atoms with Crippen molar-refractivity contribution in [1.82, 2.24) is 0 Å². The molecule has 0 N–H and O–H groups in total. The SMILES string of the molecule is CN(C)c1ccc(C(=O)C2=CCCCC2)cc1. The molecule has 17 heavy (non-hydrogen) atoms. The molecule has 2 rings (SSSR count). The molecule has 2 heteroatoms. The van der Waals surface area contributed by atoms with Crippen LogP contribution in [0.3, 0.4) is 0 Å². The van der Waals surface area contributed by atoms with Crippen LogP contribution in [0.15, 0.2) is 35.9 Å². The van der Waals surface area contributed by atoms with Gasteiger partial charge in [-0.15, -0.1) is 0 Å². The first-order valence-corrected chi connectivity index (χ1v) is 6.19. The number of rotatable bonds is 3. The Labute approximate surface area is 103 Å². The summed E-state index contributed by atoms with van der Waals surface area (Å²) in [5.41, 5.74) is 2.93. The van der Waals surface area contributed by atoms with E-state index in [4.69, 9.17) is 0 Å². The zero-order chi connectivity index (χ0) is 12.3. The van der Waals surface area contributed by atoms with Gasteiger partial charge in [0.05, 0.1) is 0 Å². The minimum atomic E-state index is 0.204. The largest absolute Gasteiger partial charge is 0.378 e. The number of hydrogen-bond acceptors (Lipinski definition) is 2. The predicted molar refractivity (Wildman–Crippen MR) is 71.7 cm³/mol. The number of carbonyl (C=O) groups excluding carboxylic acids is 1. The number of nitrogens with zero attached hydrogens (tertiary/aromatic N) is 1. The number of Topliss-reactive ketones (excluding diaryl/α,β-unsaturated/α-hetero) is 1. The van der Waals surface area contributed by atoms with E-state index in [0.717, 1.165) is 36.1 Å². The van der Waals surface area contributed by atoms with E-state index in [-0.39, 0.29) is 5.78 Å². The molecule has 0 aromatic heterocycles.